The van der Waals surface area contributed by atoms with Crippen LogP contribution < -0.4 is 5.32 Å². The van der Waals surface area contributed by atoms with E-state index in [0.29, 0.717) is 16.3 Å². The first-order chi connectivity index (χ1) is 9.99. The van der Waals surface area contributed by atoms with Crippen molar-refractivity contribution in [1.29, 1.82) is 0 Å². The maximum Gasteiger partial charge on any atom is 0.255 e. The number of carbonyl (C=O) groups is 1. The minimum absolute atomic E-state index is 0.0883. The third kappa shape index (κ3) is 3.83. The summed E-state index contributed by atoms with van der Waals surface area (Å²) in [6.07, 6.45) is 0.904. The molecule has 1 atom stereocenters. The van der Waals surface area contributed by atoms with E-state index in [1.807, 2.05) is 26.0 Å². The predicted molar refractivity (Wildman–Crippen MR) is 82.2 cm³/mol. The fourth-order valence-electron chi connectivity index (χ4n) is 1.82. The number of carbonyl (C=O) groups excluding carboxylic acids is 1. The van der Waals surface area contributed by atoms with Crippen molar-refractivity contribution in [2.75, 3.05) is 6.54 Å². The van der Waals surface area contributed by atoms with Crippen LogP contribution in [0.5, 0.6) is 0 Å². The molecular formula is C15H18ClN3O2. The molecule has 5 nitrogen and oxygen atoms in total. The number of halogens is 1. The van der Waals surface area contributed by atoms with E-state index in [1.54, 1.807) is 12.1 Å². The summed E-state index contributed by atoms with van der Waals surface area (Å²) in [5, 5.41) is 19.8. The third-order valence-corrected chi connectivity index (χ3v) is 3.51. The van der Waals surface area contributed by atoms with Crippen LogP contribution in [0.15, 0.2) is 30.5 Å². The Kier molecular flexibility index (Phi) is 4.98. The van der Waals surface area contributed by atoms with Crippen LogP contribution in [0.25, 0.3) is 11.3 Å². The average Bonchev–Trinajstić information content (AvgIpc) is 2.94. The minimum atomic E-state index is -0.570. The van der Waals surface area contributed by atoms with E-state index < -0.39 is 6.10 Å². The monoisotopic (exact) mass is 307 g/mol. The number of aliphatic hydroxyl groups is 1. The molecule has 0 bridgehead atoms. The molecule has 0 spiro atoms. The zero-order chi connectivity index (χ0) is 15.4. The van der Waals surface area contributed by atoms with Crippen molar-refractivity contribution in [3.63, 3.8) is 0 Å². The second kappa shape index (κ2) is 6.74. The number of aromatic nitrogens is 2. The van der Waals surface area contributed by atoms with Crippen molar-refractivity contribution in [1.82, 2.24) is 15.5 Å². The molecule has 0 fully saturated rings. The fraction of sp³-hybridized carbons (Fsp3) is 0.333. The molecule has 1 heterocycles. The van der Waals surface area contributed by atoms with Crippen LogP contribution in [0, 0.1) is 5.92 Å². The number of rotatable bonds is 5. The fourth-order valence-corrected chi connectivity index (χ4v) is 1.95. The van der Waals surface area contributed by atoms with Crippen molar-refractivity contribution in [3.8, 4) is 11.3 Å². The van der Waals surface area contributed by atoms with Gasteiger partial charge in [0.1, 0.15) is 0 Å². The number of aliphatic hydroxyl groups excluding tert-OH is 1. The summed E-state index contributed by atoms with van der Waals surface area (Å²) < 4.78 is 0. The number of hydrogen-bond donors (Lipinski definition) is 3. The number of nitrogens with zero attached hydrogens (tertiary/aromatic N) is 1. The lowest BCUT2D eigenvalue weighted by atomic mass is 10.1. The van der Waals surface area contributed by atoms with E-state index >= 15 is 0 Å². The lowest BCUT2D eigenvalue weighted by Gasteiger charge is -2.15. The van der Waals surface area contributed by atoms with Gasteiger partial charge in [-0.3, -0.25) is 9.89 Å². The highest BCUT2D eigenvalue weighted by Crippen LogP contribution is 2.22. The molecule has 3 N–H and O–H groups in total. The van der Waals surface area contributed by atoms with Crippen LogP contribution in [-0.2, 0) is 0 Å². The second-order valence-electron chi connectivity index (χ2n) is 5.19. The Morgan fingerprint density at radius 1 is 1.38 bits per heavy atom. The van der Waals surface area contributed by atoms with E-state index in [1.165, 1.54) is 6.20 Å². The molecule has 0 radical (unpaired) electrons. The first-order valence-electron chi connectivity index (χ1n) is 6.74. The van der Waals surface area contributed by atoms with Gasteiger partial charge in [-0.15, -0.1) is 0 Å². The number of nitrogens with one attached hydrogen (secondary N) is 2. The van der Waals surface area contributed by atoms with Crippen LogP contribution in [-0.4, -0.2) is 33.9 Å². The Labute approximate surface area is 128 Å². The Balaban J connectivity index is 2.13. The number of H-pyrrole nitrogens is 1. The predicted octanol–water partition coefficient (Wildman–Crippen LogP) is 2.48. The summed E-state index contributed by atoms with van der Waals surface area (Å²) >= 11 is 5.86. The van der Waals surface area contributed by atoms with Crippen LogP contribution in [0.2, 0.25) is 5.02 Å². The maximum absolute atomic E-state index is 12.2. The molecule has 112 valence electrons. The van der Waals surface area contributed by atoms with Gasteiger partial charge in [0.05, 0.1) is 23.6 Å². The van der Waals surface area contributed by atoms with Crippen molar-refractivity contribution < 1.29 is 9.90 Å². The third-order valence-electron chi connectivity index (χ3n) is 3.26. The molecule has 0 aliphatic rings. The quantitative estimate of drug-likeness (QED) is 0.794. The molecule has 0 aliphatic carbocycles. The normalized spacial score (nSPS) is 12.4. The summed E-state index contributed by atoms with van der Waals surface area (Å²) in [5.74, 6) is -0.182. The molecule has 6 heteroatoms. The lowest BCUT2D eigenvalue weighted by molar-refractivity contribution is 0.0872. The van der Waals surface area contributed by atoms with E-state index in [0.717, 1.165) is 5.56 Å². The van der Waals surface area contributed by atoms with Gasteiger partial charge in [-0.05, 0) is 18.1 Å². The van der Waals surface area contributed by atoms with Crippen LogP contribution in [0.1, 0.15) is 24.2 Å². The second-order valence-corrected chi connectivity index (χ2v) is 5.62. The van der Waals surface area contributed by atoms with Crippen molar-refractivity contribution in [2.24, 2.45) is 5.92 Å². The smallest absolute Gasteiger partial charge is 0.255 e. The molecule has 1 aromatic carbocycles. The number of amides is 1. The lowest BCUT2D eigenvalue weighted by Crippen LogP contribution is -2.34. The van der Waals surface area contributed by atoms with Crippen LogP contribution >= 0.6 is 11.6 Å². The number of aromatic amines is 1. The highest BCUT2D eigenvalue weighted by atomic mass is 35.5. The van der Waals surface area contributed by atoms with Crippen molar-refractivity contribution >= 4 is 17.5 Å². The summed E-state index contributed by atoms with van der Waals surface area (Å²) in [5.41, 5.74) is 1.89. The Hall–Kier alpha value is -1.85. The molecule has 21 heavy (non-hydrogen) atoms. The largest absolute Gasteiger partial charge is 0.391 e. The van der Waals surface area contributed by atoms with Gasteiger partial charge in [0.2, 0.25) is 0 Å². The molecule has 0 saturated heterocycles. The van der Waals surface area contributed by atoms with Gasteiger partial charge in [-0.2, -0.15) is 5.10 Å². The van der Waals surface area contributed by atoms with Gasteiger partial charge in [0.25, 0.3) is 5.91 Å². The van der Waals surface area contributed by atoms with Crippen LogP contribution in [0.4, 0.5) is 0 Å². The van der Waals surface area contributed by atoms with Gasteiger partial charge < -0.3 is 10.4 Å². The molecule has 1 aromatic heterocycles. The van der Waals surface area contributed by atoms with E-state index in [2.05, 4.69) is 15.5 Å². The van der Waals surface area contributed by atoms with Gasteiger partial charge in [0, 0.05) is 17.1 Å². The molecule has 1 unspecified atom stereocenters. The Bertz CT molecular complexity index is 608. The Morgan fingerprint density at radius 3 is 2.67 bits per heavy atom. The maximum atomic E-state index is 12.2. The molecule has 2 aromatic rings. The first kappa shape index (κ1) is 15.5. The van der Waals surface area contributed by atoms with Gasteiger partial charge in [-0.25, -0.2) is 0 Å². The molecule has 2 rings (SSSR count). The van der Waals surface area contributed by atoms with E-state index in [9.17, 15) is 9.90 Å². The summed E-state index contributed by atoms with van der Waals surface area (Å²) in [6, 6.07) is 7.13. The van der Waals surface area contributed by atoms with E-state index in [-0.39, 0.29) is 18.4 Å². The topological polar surface area (TPSA) is 78.0 Å². The van der Waals surface area contributed by atoms with Gasteiger partial charge in [-0.1, -0.05) is 37.6 Å². The molecule has 1 amide bonds. The molecular weight excluding hydrogens is 290 g/mol. The first-order valence-corrected chi connectivity index (χ1v) is 7.12. The summed E-state index contributed by atoms with van der Waals surface area (Å²) in [4.78, 5) is 12.2. The zero-order valence-corrected chi connectivity index (χ0v) is 12.7. The average molecular weight is 308 g/mol. The van der Waals surface area contributed by atoms with E-state index in [4.69, 9.17) is 11.6 Å². The SMILES string of the molecule is CC(C)C(O)CNC(=O)c1cn[nH]c1-c1ccc(Cl)cc1. The Morgan fingerprint density at radius 2 is 2.05 bits per heavy atom. The zero-order valence-electron chi connectivity index (χ0n) is 11.9. The highest BCUT2D eigenvalue weighted by Gasteiger charge is 2.17. The van der Waals surface area contributed by atoms with Gasteiger partial charge >= 0.3 is 0 Å². The number of hydrogen-bond acceptors (Lipinski definition) is 3. The summed E-state index contributed by atoms with van der Waals surface area (Å²) in [6.45, 7) is 4.00. The summed E-state index contributed by atoms with van der Waals surface area (Å²) in [7, 11) is 0. The van der Waals surface area contributed by atoms with Crippen molar-refractivity contribution in [2.45, 2.75) is 20.0 Å². The molecule has 0 aliphatic heterocycles. The van der Waals surface area contributed by atoms with Crippen LogP contribution in [0.3, 0.4) is 0 Å². The minimum Gasteiger partial charge on any atom is -0.391 e. The highest BCUT2D eigenvalue weighted by molar-refractivity contribution is 6.30. The molecule has 0 saturated carbocycles. The standard InChI is InChI=1S/C15H18ClN3O2/c1-9(2)13(20)8-17-15(21)12-7-18-19-14(12)10-3-5-11(16)6-4-10/h3-7,9,13,20H,8H2,1-2H3,(H,17,21)(H,18,19). The van der Waals surface area contributed by atoms with Gasteiger partial charge in [0.15, 0.2) is 0 Å². The van der Waals surface area contributed by atoms with Crippen molar-refractivity contribution in [3.05, 3.63) is 41.0 Å². The number of benzene rings is 1.